The molecule has 1 saturated carbocycles. The molecule has 4 heteroatoms. The van der Waals surface area contributed by atoms with E-state index in [2.05, 4.69) is 5.32 Å². The van der Waals surface area contributed by atoms with Gasteiger partial charge in [0.05, 0.1) is 5.02 Å². The molecule has 0 saturated heterocycles. The van der Waals surface area contributed by atoms with Crippen LogP contribution in [0.1, 0.15) is 12.8 Å². The Labute approximate surface area is 93.6 Å². The van der Waals surface area contributed by atoms with Gasteiger partial charge in [-0.25, -0.2) is 4.39 Å². The molecule has 0 radical (unpaired) electrons. The third kappa shape index (κ3) is 2.41. The zero-order valence-corrected chi connectivity index (χ0v) is 9.15. The maximum Gasteiger partial charge on any atom is 0.141 e. The molecule has 1 fully saturated rings. The maximum absolute atomic E-state index is 12.9. The molecule has 1 aliphatic carbocycles. The summed E-state index contributed by atoms with van der Waals surface area (Å²) in [5.74, 6) is -0.387. The lowest BCUT2D eigenvalue weighted by atomic mass is 10.1. The van der Waals surface area contributed by atoms with Gasteiger partial charge in [-0.3, -0.25) is 0 Å². The van der Waals surface area contributed by atoms with Crippen LogP contribution < -0.4 is 11.1 Å². The summed E-state index contributed by atoms with van der Waals surface area (Å²) in [6.45, 7) is 1.54. The zero-order chi connectivity index (χ0) is 10.9. The Morgan fingerprint density at radius 3 is 2.73 bits per heavy atom. The van der Waals surface area contributed by atoms with E-state index in [-0.39, 0.29) is 16.3 Å². The van der Waals surface area contributed by atoms with Crippen molar-refractivity contribution >= 4 is 17.3 Å². The number of rotatable bonds is 4. The average Bonchev–Trinajstić information content (AvgIpc) is 3.01. The molecular weight excluding hydrogens is 215 g/mol. The second-order valence-electron chi connectivity index (χ2n) is 4.19. The first-order valence-electron chi connectivity index (χ1n) is 5.04. The van der Waals surface area contributed by atoms with Gasteiger partial charge in [0.25, 0.3) is 0 Å². The van der Waals surface area contributed by atoms with Crippen molar-refractivity contribution in [2.45, 2.75) is 12.8 Å². The van der Waals surface area contributed by atoms with Crippen LogP contribution in [0.4, 0.5) is 10.1 Å². The summed E-state index contributed by atoms with van der Waals surface area (Å²) < 4.78 is 12.9. The predicted octanol–water partition coefficient (Wildman–Crippen LogP) is 2.63. The van der Waals surface area contributed by atoms with E-state index in [1.54, 1.807) is 12.1 Å². The second kappa shape index (κ2) is 3.99. The highest BCUT2D eigenvalue weighted by molar-refractivity contribution is 6.31. The summed E-state index contributed by atoms with van der Waals surface area (Å²) in [5, 5.41) is 3.39. The lowest BCUT2D eigenvalue weighted by Gasteiger charge is -2.14. The van der Waals surface area contributed by atoms with Crippen LogP contribution in [-0.4, -0.2) is 13.1 Å². The van der Waals surface area contributed by atoms with Gasteiger partial charge in [0.1, 0.15) is 5.82 Å². The van der Waals surface area contributed by atoms with E-state index in [4.69, 9.17) is 17.3 Å². The SMILES string of the molecule is NCC1(CNc2ccc(F)c(Cl)c2)CC1. The highest BCUT2D eigenvalue weighted by atomic mass is 35.5. The Balaban J connectivity index is 1.96. The molecule has 1 aliphatic rings. The Kier molecular flexibility index (Phi) is 2.85. The van der Waals surface area contributed by atoms with Crippen LogP contribution in [0.2, 0.25) is 5.02 Å². The molecule has 3 N–H and O–H groups in total. The van der Waals surface area contributed by atoms with Gasteiger partial charge >= 0.3 is 0 Å². The number of benzene rings is 1. The highest BCUT2D eigenvalue weighted by Crippen LogP contribution is 2.44. The van der Waals surface area contributed by atoms with Crippen molar-refractivity contribution in [3.05, 3.63) is 29.0 Å². The van der Waals surface area contributed by atoms with Gasteiger partial charge in [-0.2, -0.15) is 0 Å². The Bertz CT molecular complexity index is 364. The van der Waals surface area contributed by atoms with Crippen molar-refractivity contribution in [1.29, 1.82) is 0 Å². The molecule has 82 valence electrons. The summed E-state index contributed by atoms with van der Waals surface area (Å²) in [5.41, 5.74) is 6.77. The molecule has 0 spiro atoms. The molecule has 0 heterocycles. The van der Waals surface area contributed by atoms with Crippen LogP contribution in [0, 0.1) is 11.2 Å². The van der Waals surface area contributed by atoms with Gasteiger partial charge < -0.3 is 11.1 Å². The predicted molar refractivity (Wildman–Crippen MR) is 60.6 cm³/mol. The molecular formula is C11H14ClFN2. The van der Waals surface area contributed by atoms with Gasteiger partial charge in [0.15, 0.2) is 0 Å². The number of halogens is 2. The zero-order valence-electron chi connectivity index (χ0n) is 8.39. The molecule has 0 aliphatic heterocycles. The number of nitrogens with one attached hydrogen (secondary N) is 1. The maximum atomic E-state index is 12.9. The van der Waals surface area contributed by atoms with Crippen LogP contribution in [0.15, 0.2) is 18.2 Å². The largest absolute Gasteiger partial charge is 0.384 e. The van der Waals surface area contributed by atoms with Crippen LogP contribution in [0.5, 0.6) is 0 Å². The fourth-order valence-corrected chi connectivity index (χ4v) is 1.71. The van der Waals surface area contributed by atoms with Gasteiger partial charge in [-0.05, 0) is 43.0 Å². The first-order valence-corrected chi connectivity index (χ1v) is 5.42. The summed E-state index contributed by atoms with van der Waals surface area (Å²) >= 11 is 5.67. The van der Waals surface area contributed by atoms with E-state index in [0.29, 0.717) is 6.54 Å². The molecule has 1 aromatic rings. The van der Waals surface area contributed by atoms with Crippen LogP contribution >= 0.6 is 11.6 Å². The summed E-state index contributed by atoms with van der Waals surface area (Å²) in [6, 6.07) is 4.66. The molecule has 0 atom stereocenters. The van der Waals surface area contributed by atoms with Gasteiger partial charge in [-0.1, -0.05) is 11.6 Å². The minimum Gasteiger partial charge on any atom is -0.384 e. The Morgan fingerprint density at radius 2 is 2.20 bits per heavy atom. The third-order valence-electron chi connectivity index (χ3n) is 2.98. The highest BCUT2D eigenvalue weighted by Gasteiger charge is 2.40. The van der Waals surface area contributed by atoms with Gasteiger partial charge in [0, 0.05) is 12.2 Å². The van der Waals surface area contributed by atoms with E-state index in [9.17, 15) is 4.39 Å². The van der Waals surface area contributed by atoms with E-state index in [0.717, 1.165) is 12.2 Å². The van der Waals surface area contributed by atoms with Crippen LogP contribution in [-0.2, 0) is 0 Å². The number of nitrogens with two attached hydrogens (primary N) is 1. The van der Waals surface area contributed by atoms with Crippen molar-refractivity contribution < 1.29 is 4.39 Å². The minimum absolute atomic E-state index is 0.151. The number of anilines is 1. The molecule has 0 unspecified atom stereocenters. The van der Waals surface area contributed by atoms with Crippen molar-refractivity contribution in [2.75, 3.05) is 18.4 Å². The summed E-state index contributed by atoms with van der Waals surface area (Å²) in [6.07, 6.45) is 2.34. The smallest absolute Gasteiger partial charge is 0.141 e. The van der Waals surface area contributed by atoms with Crippen LogP contribution in [0.25, 0.3) is 0 Å². The van der Waals surface area contributed by atoms with E-state index < -0.39 is 0 Å². The number of hydrogen-bond acceptors (Lipinski definition) is 2. The summed E-state index contributed by atoms with van der Waals surface area (Å²) in [4.78, 5) is 0. The third-order valence-corrected chi connectivity index (χ3v) is 3.27. The molecule has 0 amide bonds. The standard InChI is InChI=1S/C11H14ClFN2/c12-9-5-8(1-2-10(9)13)15-7-11(6-14)3-4-11/h1-2,5,15H,3-4,6-7,14H2. The first-order chi connectivity index (χ1) is 7.15. The van der Waals surface area contributed by atoms with E-state index in [1.165, 1.54) is 18.9 Å². The van der Waals surface area contributed by atoms with Gasteiger partial charge in [-0.15, -0.1) is 0 Å². The van der Waals surface area contributed by atoms with Crippen molar-refractivity contribution in [3.8, 4) is 0 Å². The summed E-state index contributed by atoms with van der Waals surface area (Å²) in [7, 11) is 0. The van der Waals surface area contributed by atoms with Crippen LogP contribution in [0.3, 0.4) is 0 Å². The second-order valence-corrected chi connectivity index (χ2v) is 4.59. The molecule has 1 aromatic carbocycles. The van der Waals surface area contributed by atoms with Crippen molar-refractivity contribution in [3.63, 3.8) is 0 Å². The Hall–Kier alpha value is -0.800. The topological polar surface area (TPSA) is 38.0 Å². The van der Waals surface area contributed by atoms with E-state index >= 15 is 0 Å². The quantitative estimate of drug-likeness (QED) is 0.832. The molecule has 0 bridgehead atoms. The normalized spacial score (nSPS) is 17.5. The van der Waals surface area contributed by atoms with Crippen molar-refractivity contribution in [2.24, 2.45) is 11.1 Å². The molecule has 2 rings (SSSR count). The lowest BCUT2D eigenvalue weighted by Crippen LogP contribution is -2.24. The Morgan fingerprint density at radius 1 is 1.47 bits per heavy atom. The fraction of sp³-hybridized carbons (Fsp3) is 0.455. The average molecular weight is 229 g/mol. The van der Waals surface area contributed by atoms with Gasteiger partial charge in [0.2, 0.25) is 0 Å². The molecule has 0 aromatic heterocycles. The lowest BCUT2D eigenvalue weighted by molar-refractivity contribution is 0.556. The molecule has 2 nitrogen and oxygen atoms in total. The first kappa shape index (κ1) is 10.7. The fourth-order valence-electron chi connectivity index (χ4n) is 1.53. The van der Waals surface area contributed by atoms with Crippen molar-refractivity contribution in [1.82, 2.24) is 0 Å². The number of hydrogen-bond donors (Lipinski definition) is 2. The monoisotopic (exact) mass is 228 g/mol. The molecule has 15 heavy (non-hydrogen) atoms. The minimum atomic E-state index is -0.387. The van der Waals surface area contributed by atoms with E-state index in [1.807, 2.05) is 0 Å².